The highest BCUT2D eigenvalue weighted by molar-refractivity contribution is 5.92. The zero-order valence-electron chi connectivity index (χ0n) is 12.6. The second kappa shape index (κ2) is 7.07. The highest BCUT2D eigenvalue weighted by atomic mass is 16.2. The number of rotatable bonds is 4. The van der Waals surface area contributed by atoms with Gasteiger partial charge in [0.2, 0.25) is 11.8 Å². The second-order valence-electron chi connectivity index (χ2n) is 5.70. The fraction of sp³-hybridized carbons (Fsp3) is 0.412. The van der Waals surface area contributed by atoms with Gasteiger partial charge in [0.25, 0.3) is 0 Å². The van der Waals surface area contributed by atoms with Gasteiger partial charge in [0.05, 0.1) is 0 Å². The molecule has 2 amide bonds. The van der Waals surface area contributed by atoms with E-state index in [0.29, 0.717) is 25.3 Å². The molecule has 1 aliphatic rings. The first-order valence-electron chi connectivity index (χ1n) is 7.40. The summed E-state index contributed by atoms with van der Waals surface area (Å²) in [6, 6.07) is 8.22. The molecule has 1 heterocycles. The predicted molar refractivity (Wildman–Crippen MR) is 83.7 cm³/mol. The molecule has 1 unspecified atom stereocenters. The average molecular weight is 286 g/mol. The van der Waals surface area contributed by atoms with Crippen molar-refractivity contribution in [2.24, 2.45) is 0 Å². The lowest BCUT2D eigenvalue weighted by Crippen LogP contribution is -2.47. The van der Waals surface area contributed by atoms with Gasteiger partial charge in [0.15, 0.2) is 0 Å². The predicted octanol–water partition coefficient (Wildman–Crippen LogP) is 2.22. The van der Waals surface area contributed by atoms with E-state index in [9.17, 15) is 9.59 Å². The molecule has 0 bridgehead atoms. The van der Waals surface area contributed by atoms with Crippen molar-refractivity contribution < 1.29 is 9.59 Å². The Kier molecular flexibility index (Phi) is 5.14. The van der Waals surface area contributed by atoms with Gasteiger partial charge < -0.3 is 10.6 Å². The summed E-state index contributed by atoms with van der Waals surface area (Å²) in [5.41, 5.74) is 2.29. The van der Waals surface area contributed by atoms with Crippen LogP contribution in [-0.4, -0.2) is 24.4 Å². The third-order valence-electron chi connectivity index (χ3n) is 3.64. The van der Waals surface area contributed by atoms with Crippen LogP contribution in [0.5, 0.6) is 0 Å². The minimum atomic E-state index is -0.121. The van der Waals surface area contributed by atoms with Gasteiger partial charge in [0, 0.05) is 25.1 Å². The molecule has 0 aliphatic carbocycles. The summed E-state index contributed by atoms with van der Waals surface area (Å²) >= 11 is 0. The van der Waals surface area contributed by atoms with Crippen LogP contribution in [0.1, 0.15) is 43.7 Å². The number of hydrogen-bond donors (Lipinski definition) is 2. The standard InChI is InChI=1S/C17H22N2O2/c1-12(2)14-6-3-13(4-7-14)5-9-17(21)19-15-8-10-16(20)18-11-15/h3-7,9,12,15H,8,10-11H2,1-2H3,(H,18,20)(H,19,21). The number of benzene rings is 1. The maximum Gasteiger partial charge on any atom is 0.244 e. The van der Waals surface area contributed by atoms with E-state index < -0.39 is 0 Å². The third kappa shape index (κ3) is 4.74. The first kappa shape index (κ1) is 15.3. The Morgan fingerprint density at radius 3 is 2.62 bits per heavy atom. The van der Waals surface area contributed by atoms with E-state index in [2.05, 4.69) is 36.6 Å². The van der Waals surface area contributed by atoms with Crippen LogP contribution in [0.15, 0.2) is 30.3 Å². The summed E-state index contributed by atoms with van der Waals surface area (Å²) in [7, 11) is 0. The molecular formula is C17H22N2O2. The van der Waals surface area contributed by atoms with Crippen LogP contribution in [-0.2, 0) is 9.59 Å². The monoisotopic (exact) mass is 286 g/mol. The van der Waals surface area contributed by atoms with Crippen LogP contribution in [0.2, 0.25) is 0 Å². The van der Waals surface area contributed by atoms with Gasteiger partial charge in [-0.15, -0.1) is 0 Å². The molecule has 0 radical (unpaired) electrons. The fourth-order valence-corrected chi connectivity index (χ4v) is 2.27. The lowest BCUT2D eigenvalue weighted by atomic mass is 10.0. The lowest BCUT2D eigenvalue weighted by Gasteiger charge is -2.22. The number of hydrogen-bond acceptors (Lipinski definition) is 2. The van der Waals surface area contributed by atoms with Crippen molar-refractivity contribution in [2.75, 3.05) is 6.54 Å². The van der Waals surface area contributed by atoms with Crippen LogP contribution in [0.4, 0.5) is 0 Å². The van der Waals surface area contributed by atoms with E-state index in [-0.39, 0.29) is 17.9 Å². The van der Waals surface area contributed by atoms with Crippen molar-refractivity contribution in [2.45, 2.75) is 38.6 Å². The van der Waals surface area contributed by atoms with Crippen molar-refractivity contribution in [3.8, 4) is 0 Å². The Hall–Kier alpha value is -2.10. The lowest BCUT2D eigenvalue weighted by molar-refractivity contribution is -0.124. The summed E-state index contributed by atoms with van der Waals surface area (Å²) in [4.78, 5) is 22.9. The van der Waals surface area contributed by atoms with Crippen molar-refractivity contribution in [1.82, 2.24) is 10.6 Å². The van der Waals surface area contributed by atoms with Crippen LogP contribution < -0.4 is 10.6 Å². The van der Waals surface area contributed by atoms with E-state index in [4.69, 9.17) is 0 Å². The van der Waals surface area contributed by atoms with Gasteiger partial charge >= 0.3 is 0 Å². The maximum absolute atomic E-state index is 11.8. The Morgan fingerprint density at radius 1 is 1.33 bits per heavy atom. The quantitative estimate of drug-likeness (QED) is 0.834. The summed E-state index contributed by atoms with van der Waals surface area (Å²) in [5, 5.41) is 5.65. The minimum absolute atomic E-state index is 0.0307. The Morgan fingerprint density at radius 2 is 2.05 bits per heavy atom. The van der Waals surface area contributed by atoms with E-state index >= 15 is 0 Å². The molecule has 4 nitrogen and oxygen atoms in total. The number of amides is 2. The molecule has 1 saturated heterocycles. The largest absolute Gasteiger partial charge is 0.354 e. The number of piperidine rings is 1. The number of carbonyl (C=O) groups excluding carboxylic acids is 2. The van der Waals surface area contributed by atoms with Gasteiger partial charge in [0.1, 0.15) is 0 Å². The molecule has 0 spiro atoms. The first-order valence-corrected chi connectivity index (χ1v) is 7.40. The van der Waals surface area contributed by atoms with Crippen LogP contribution in [0.3, 0.4) is 0 Å². The number of nitrogens with one attached hydrogen (secondary N) is 2. The highest BCUT2D eigenvalue weighted by Gasteiger charge is 2.18. The molecule has 21 heavy (non-hydrogen) atoms. The Bertz CT molecular complexity index is 522. The molecular weight excluding hydrogens is 264 g/mol. The molecule has 1 aromatic rings. The SMILES string of the molecule is CC(C)c1ccc(C=CC(=O)NC2CCC(=O)NC2)cc1. The van der Waals surface area contributed by atoms with E-state index in [1.165, 1.54) is 5.56 Å². The average Bonchev–Trinajstić information content (AvgIpc) is 2.48. The maximum atomic E-state index is 11.8. The zero-order valence-corrected chi connectivity index (χ0v) is 12.6. The Balaban J connectivity index is 1.85. The smallest absolute Gasteiger partial charge is 0.244 e. The summed E-state index contributed by atoms with van der Waals surface area (Å²) in [6.07, 6.45) is 4.53. The van der Waals surface area contributed by atoms with Crippen LogP contribution in [0, 0.1) is 0 Å². The molecule has 2 N–H and O–H groups in total. The molecule has 2 rings (SSSR count). The summed E-state index contributed by atoms with van der Waals surface area (Å²) in [5.74, 6) is 0.443. The highest BCUT2D eigenvalue weighted by Crippen LogP contribution is 2.15. The van der Waals surface area contributed by atoms with Crippen LogP contribution in [0.25, 0.3) is 6.08 Å². The van der Waals surface area contributed by atoms with Gasteiger partial charge in [-0.1, -0.05) is 38.1 Å². The normalized spacial score (nSPS) is 18.8. The van der Waals surface area contributed by atoms with Crippen molar-refractivity contribution in [1.29, 1.82) is 0 Å². The molecule has 112 valence electrons. The Labute approximate surface area is 125 Å². The molecule has 0 aromatic heterocycles. The van der Waals surface area contributed by atoms with E-state index in [1.54, 1.807) is 12.2 Å². The molecule has 1 fully saturated rings. The van der Waals surface area contributed by atoms with E-state index in [0.717, 1.165) is 5.56 Å². The van der Waals surface area contributed by atoms with Gasteiger partial charge in [-0.3, -0.25) is 9.59 Å². The molecule has 1 aliphatic heterocycles. The zero-order chi connectivity index (χ0) is 15.2. The minimum Gasteiger partial charge on any atom is -0.354 e. The summed E-state index contributed by atoms with van der Waals surface area (Å²) in [6.45, 7) is 4.82. The van der Waals surface area contributed by atoms with Gasteiger partial charge in [-0.05, 0) is 29.5 Å². The first-order chi connectivity index (χ1) is 10.0. The molecule has 0 saturated carbocycles. The van der Waals surface area contributed by atoms with E-state index in [1.807, 2.05) is 12.1 Å². The second-order valence-corrected chi connectivity index (χ2v) is 5.70. The topological polar surface area (TPSA) is 58.2 Å². The molecule has 1 atom stereocenters. The summed E-state index contributed by atoms with van der Waals surface area (Å²) < 4.78 is 0. The van der Waals surface area contributed by atoms with Crippen molar-refractivity contribution >= 4 is 17.9 Å². The van der Waals surface area contributed by atoms with Gasteiger partial charge in [-0.2, -0.15) is 0 Å². The molecule has 4 heteroatoms. The third-order valence-corrected chi connectivity index (χ3v) is 3.64. The molecule has 1 aromatic carbocycles. The van der Waals surface area contributed by atoms with Crippen LogP contribution >= 0.6 is 0 Å². The van der Waals surface area contributed by atoms with Crippen molar-refractivity contribution in [3.05, 3.63) is 41.5 Å². The van der Waals surface area contributed by atoms with Gasteiger partial charge in [-0.25, -0.2) is 0 Å². The fourth-order valence-electron chi connectivity index (χ4n) is 2.27. The van der Waals surface area contributed by atoms with Crippen molar-refractivity contribution in [3.63, 3.8) is 0 Å². The number of carbonyl (C=O) groups is 2.